The zero-order valence-corrected chi connectivity index (χ0v) is 15.4. The van der Waals surface area contributed by atoms with E-state index in [1.807, 2.05) is 24.4 Å². The summed E-state index contributed by atoms with van der Waals surface area (Å²) in [5.41, 5.74) is 0. The number of hydrogen-bond donors (Lipinski definition) is 4. The van der Waals surface area contributed by atoms with E-state index >= 15 is 0 Å². The molecule has 0 aliphatic heterocycles. The van der Waals surface area contributed by atoms with Crippen LogP contribution >= 0.6 is 11.3 Å². The first-order valence-electron chi connectivity index (χ1n) is 8.79. The van der Waals surface area contributed by atoms with Gasteiger partial charge in [-0.2, -0.15) is 0 Å². The van der Waals surface area contributed by atoms with Crippen LogP contribution in [-0.2, 0) is 16.1 Å². The lowest BCUT2D eigenvalue weighted by atomic mass is 10.2. The van der Waals surface area contributed by atoms with Crippen LogP contribution in [0.2, 0.25) is 0 Å². The third-order valence-corrected chi connectivity index (χ3v) is 5.18. The highest BCUT2D eigenvalue weighted by Gasteiger charge is 2.21. The van der Waals surface area contributed by atoms with Crippen LogP contribution in [0.3, 0.4) is 0 Å². The molecular formula is C17H27N4O3S+. The fourth-order valence-corrected chi connectivity index (χ4v) is 3.54. The highest BCUT2D eigenvalue weighted by atomic mass is 32.1. The number of nitrogens with one attached hydrogen (secondary N) is 4. The van der Waals surface area contributed by atoms with Gasteiger partial charge in [0.1, 0.15) is 0 Å². The molecule has 1 saturated carbocycles. The Kier molecular flexibility index (Phi) is 7.87. The number of rotatable bonds is 8. The highest BCUT2D eigenvalue weighted by Crippen LogP contribution is 2.17. The second-order valence-corrected chi connectivity index (χ2v) is 7.35. The fourth-order valence-electron chi connectivity index (χ4n) is 2.89. The van der Waals surface area contributed by atoms with Gasteiger partial charge in [0.15, 0.2) is 13.1 Å². The second kappa shape index (κ2) is 10.1. The summed E-state index contributed by atoms with van der Waals surface area (Å²) in [5, 5.41) is 9.99. The van der Waals surface area contributed by atoms with Crippen molar-refractivity contribution < 1.29 is 19.3 Å². The Morgan fingerprint density at radius 1 is 1.20 bits per heavy atom. The lowest BCUT2D eigenvalue weighted by Crippen LogP contribution is -3.14. The average molecular weight is 367 g/mol. The molecule has 7 nitrogen and oxygen atoms in total. The van der Waals surface area contributed by atoms with E-state index in [1.54, 1.807) is 11.3 Å². The highest BCUT2D eigenvalue weighted by molar-refractivity contribution is 7.09. The molecular weight excluding hydrogens is 340 g/mol. The predicted octanol–water partition coefficient (Wildman–Crippen LogP) is 0.0375. The SMILES string of the molecule is CC[NH+](CC(=O)NCc1cccs1)CC(=O)NC(=O)NC1CCCC1. The van der Waals surface area contributed by atoms with Crippen molar-refractivity contribution in [1.82, 2.24) is 16.0 Å². The summed E-state index contributed by atoms with van der Waals surface area (Å²) in [6.45, 7) is 3.35. The normalized spacial score (nSPS) is 15.6. The molecule has 25 heavy (non-hydrogen) atoms. The number of urea groups is 1. The monoisotopic (exact) mass is 367 g/mol. The lowest BCUT2D eigenvalue weighted by molar-refractivity contribution is -0.881. The largest absolute Gasteiger partial charge is 0.346 e. The Labute approximate surface area is 152 Å². The van der Waals surface area contributed by atoms with Crippen LogP contribution < -0.4 is 20.9 Å². The van der Waals surface area contributed by atoms with Crippen LogP contribution in [0, 0.1) is 0 Å². The number of carbonyl (C=O) groups excluding carboxylic acids is 3. The van der Waals surface area contributed by atoms with Gasteiger partial charge in [-0.25, -0.2) is 4.79 Å². The van der Waals surface area contributed by atoms with Gasteiger partial charge in [0.25, 0.3) is 11.8 Å². The molecule has 4 N–H and O–H groups in total. The summed E-state index contributed by atoms with van der Waals surface area (Å²) in [6, 6.07) is 3.64. The van der Waals surface area contributed by atoms with Gasteiger partial charge in [-0.15, -0.1) is 11.3 Å². The summed E-state index contributed by atoms with van der Waals surface area (Å²) in [5.74, 6) is -0.466. The Hall–Kier alpha value is -1.93. The van der Waals surface area contributed by atoms with Crippen LogP contribution in [-0.4, -0.2) is 43.5 Å². The van der Waals surface area contributed by atoms with Crippen LogP contribution in [0.15, 0.2) is 17.5 Å². The fraction of sp³-hybridized carbons (Fsp3) is 0.588. The standard InChI is InChI=1S/C17H26N4O3S/c1-2-21(11-15(22)18-10-14-8-5-9-25-14)12-16(23)20-17(24)19-13-6-3-4-7-13/h5,8-9,13H,2-4,6-7,10-12H2,1H3,(H,18,22)(H2,19,20,23,24)/p+1. The summed E-state index contributed by atoms with van der Waals surface area (Å²) < 4.78 is 0. The average Bonchev–Trinajstić information content (AvgIpc) is 3.25. The molecule has 1 aromatic heterocycles. The predicted molar refractivity (Wildman–Crippen MR) is 96.3 cm³/mol. The van der Waals surface area contributed by atoms with Crippen molar-refractivity contribution in [1.29, 1.82) is 0 Å². The molecule has 0 aromatic carbocycles. The van der Waals surface area contributed by atoms with E-state index in [0.29, 0.717) is 13.1 Å². The first-order chi connectivity index (χ1) is 12.1. The molecule has 1 aromatic rings. The summed E-state index contributed by atoms with van der Waals surface area (Å²) in [4.78, 5) is 37.7. The van der Waals surface area contributed by atoms with Crippen molar-refractivity contribution in [2.24, 2.45) is 0 Å². The van der Waals surface area contributed by atoms with Gasteiger partial charge in [0.2, 0.25) is 0 Å². The molecule has 1 aliphatic carbocycles. The van der Waals surface area contributed by atoms with Crippen LogP contribution in [0.25, 0.3) is 0 Å². The van der Waals surface area contributed by atoms with Gasteiger partial charge in [0.05, 0.1) is 13.1 Å². The number of likely N-dealkylation sites (N-methyl/N-ethyl adjacent to an activating group) is 1. The van der Waals surface area contributed by atoms with Gasteiger partial charge < -0.3 is 15.5 Å². The maximum atomic E-state index is 12.0. The lowest BCUT2D eigenvalue weighted by Gasteiger charge is -2.17. The minimum absolute atomic E-state index is 0.0982. The molecule has 0 spiro atoms. The summed E-state index contributed by atoms with van der Waals surface area (Å²) >= 11 is 1.59. The minimum atomic E-state index is -0.436. The van der Waals surface area contributed by atoms with E-state index in [-0.39, 0.29) is 30.9 Å². The molecule has 138 valence electrons. The van der Waals surface area contributed by atoms with Crippen molar-refractivity contribution >= 4 is 29.2 Å². The van der Waals surface area contributed by atoms with Crippen LogP contribution in [0.5, 0.6) is 0 Å². The van der Waals surface area contributed by atoms with Crippen LogP contribution in [0.1, 0.15) is 37.5 Å². The number of hydrogen-bond acceptors (Lipinski definition) is 4. The molecule has 1 fully saturated rings. The molecule has 2 rings (SSSR count). The van der Waals surface area contributed by atoms with E-state index in [1.165, 1.54) is 0 Å². The minimum Gasteiger partial charge on any atom is -0.346 e. The third-order valence-electron chi connectivity index (χ3n) is 4.30. The summed E-state index contributed by atoms with van der Waals surface area (Å²) in [7, 11) is 0. The van der Waals surface area contributed by atoms with Gasteiger partial charge in [0, 0.05) is 10.9 Å². The Bertz CT molecular complexity index is 570. The van der Waals surface area contributed by atoms with Crippen molar-refractivity contribution in [3.05, 3.63) is 22.4 Å². The van der Waals surface area contributed by atoms with E-state index in [4.69, 9.17) is 0 Å². The number of carbonyl (C=O) groups is 3. The molecule has 1 atom stereocenters. The van der Waals surface area contributed by atoms with Crippen molar-refractivity contribution in [2.45, 2.75) is 45.2 Å². The third kappa shape index (κ3) is 7.23. The van der Waals surface area contributed by atoms with E-state index in [2.05, 4.69) is 16.0 Å². The summed E-state index contributed by atoms with van der Waals surface area (Å²) in [6.07, 6.45) is 4.18. The molecule has 0 radical (unpaired) electrons. The Morgan fingerprint density at radius 2 is 1.92 bits per heavy atom. The molecule has 1 heterocycles. The maximum Gasteiger partial charge on any atom is 0.321 e. The first-order valence-corrected chi connectivity index (χ1v) is 9.67. The molecule has 1 unspecified atom stereocenters. The van der Waals surface area contributed by atoms with Gasteiger partial charge >= 0.3 is 6.03 Å². The number of imide groups is 1. The molecule has 4 amide bonds. The number of amides is 4. The Balaban J connectivity index is 1.67. The smallest absolute Gasteiger partial charge is 0.321 e. The van der Waals surface area contributed by atoms with Gasteiger partial charge in [-0.1, -0.05) is 18.9 Å². The molecule has 8 heteroatoms. The second-order valence-electron chi connectivity index (χ2n) is 6.32. The van der Waals surface area contributed by atoms with E-state index in [9.17, 15) is 14.4 Å². The number of thiophene rings is 1. The topological polar surface area (TPSA) is 91.7 Å². The molecule has 1 aliphatic rings. The van der Waals surface area contributed by atoms with Crippen LogP contribution in [0.4, 0.5) is 4.79 Å². The van der Waals surface area contributed by atoms with Crippen molar-refractivity contribution in [3.8, 4) is 0 Å². The quantitative estimate of drug-likeness (QED) is 0.523. The Morgan fingerprint density at radius 3 is 2.56 bits per heavy atom. The van der Waals surface area contributed by atoms with Crippen molar-refractivity contribution in [2.75, 3.05) is 19.6 Å². The zero-order valence-electron chi connectivity index (χ0n) is 14.6. The maximum absolute atomic E-state index is 12.0. The van der Waals surface area contributed by atoms with E-state index in [0.717, 1.165) is 35.5 Å². The number of quaternary nitrogens is 1. The van der Waals surface area contributed by atoms with Crippen molar-refractivity contribution in [3.63, 3.8) is 0 Å². The van der Waals surface area contributed by atoms with Gasteiger partial charge in [-0.3, -0.25) is 14.9 Å². The molecule has 0 saturated heterocycles. The van der Waals surface area contributed by atoms with Gasteiger partial charge in [-0.05, 0) is 31.2 Å². The van der Waals surface area contributed by atoms with E-state index < -0.39 is 6.03 Å². The molecule has 0 bridgehead atoms. The zero-order chi connectivity index (χ0) is 18.1. The first kappa shape index (κ1) is 19.4.